The van der Waals surface area contributed by atoms with Gasteiger partial charge in [0.1, 0.15) is 5.58 Å². The fourth-order valence-electron chi connectivity index (χ4n) is 1.42. The maximum atomic E-state index is 9.66. The van der Waals surface area contributed by atoms with Gasteiger partial charge in [0.05, 0.1) is 12.9 Å². The Morgan fingerprint density at radius 2 is 2.27 bits per heavy atom. The zero-order valence-electron chi connectivity index (χ0n) is 8.69. The number of fused-ring (bicyclic) bond motifs is 1. The van der Waals surface area contributed by atoms with E-state index in [1.54, 1.807) is 18.4 Å². The molecule has 0 unspecified atom stereocenters. The first kappa shape index (κ1) is 9.90. The number of aromatic hydroxyl groups is 1. The second-order valence-corrected chi connectivity index (χ2v) is 3.48. The quantitative estimate of drug-likeness (QED) is 0.780. The molecule has 2 aromatic rings. The molecular weight excluding hydrogens is 192 g/mol. The topological polar surface area (TPSA) is 42.6 Å². The van der Waals surface area contributed by atoms with Crippen LogP contribution in [0.25, 0.3) is 11.0 Å². The Labute approximate surface area is 88.3 Å². The van der Waals surface area contributed by atoms with Gasteiger partial charge in [0.15, 0.2) is 11.5 Å². The predicted molar refractivity (Wildman–Crippen MR) is 58.3 cm³/mol. The first-order valence-electron chi connectivity index (χ1n) is 5.14. The Morgan fingerprint density at radius 3 is 3.07 bits per heavy atom. The minimum Gasteiger partial charge on any atom is -0.504 e. The molecule has 0 bridgehead atoms. The van der Waals surface area contributed by atoms with Crippen molar-refractivity contribution in [3.05, 3.63) is 24.5 Å². The van der Waals surface area contributed by atoms with Crippen LogP contribution in [-0.4, -0.2) is 11.7 Å². The molecule has 3 nitrogen and oxygen atoms in total. The number of furan rings is 1. The molecule has 0 aliphatic carbocycles. The van der Waals surface area contributed by atoms with Crippen LogP contribution in [0.1, 0.15) is 19.8 Å². The molecule has 2 rings (SSSR count). The van der Waals surface area contributed by atoms with Gasteiger partial charge in [-0.15, -0.1) is 0 Å². The van der Waals surface area contributed by atoms with Crippen LogP contribution in [0, 0.1) is 0 Å². The van der Waals surface area contributed by atoms with E-state index in [0.717, 1.165) is 23.8 Å². The minimum atomic E-state index is 0.167. The van der Waals surface area contributed by atoms with Gasteiger partial charge in [0.2, 0.25) is 0 Å². The van der Waals surface area contributed by atoms with Gasteiger partial charge in [0, 0.05) is 11.5 Å². The minimum absolute atomic E-state index is 0.167. The van der Waals surface area contributed by atoms with Crippen LogP contribution < -0.4 is 4.74 Å². The molecule has 15 heavy (non-hydrogen) atoms. The van der Waals surface area contributed by atoms with Gasteiger partial charge in [-0.25, -0.2) is 0 Å². The van der Waals surface area contributed by atoms with E-state index in [0.29, 0.717) is 12.4 Å². The van der Waals surface area contributed by atoms with Gasteiger partial charge in [-0.05, 0) is 18.6 Å². The number of rotatable bonds is 4. The van der Waals surface area contributed by atoms with E-state index < -0.39 is 0 Å². The molecule has 0 fully saturated rings. The Kier molecular flexibility index (Phi) is 2.81. The molecule has 0 saturated carbocycles. The van der Waals surface area contributed by atoms with E-state index in [1.807, 2.05) is 6.07 Å². The monoisotopic (exact) mass is 206 g/mol. The summed E-state index contributed by atoms with van der Waals surface area (Å²) in [6, 6.07) is 5.19. The molecule has 1 aromatic heterocycles. The molecule has 0 aliphatic heterocycles. The highest BCUT2D eigenvalue weighted by atomic mass is 16.5. The molecule has 1 N–H and O–H groups in total. The highest BCUT2D eigenvalue weighted by Gasteiger charge is 2.06. The summed E-state index contributed by atoms with van der Waals surface area (Å²) in [4.78, 5) is 0. The number of benzene rings is 1. The van der Waals surface area contributed by atoms with Gasteiger partial charge in [0.25, 0.3) is 0 Å². The normalized spacial score (nSPS) is 10.7. The van der Waals surface area contributed by atoms with E-state index in [1.165, 1.54) is 0 Å². The van der Waals surface area contributed by atoms with Gasteiger partial charge in [-0.1, -0.05) is 13.3 Å². The largest absolute Gasteiger partial charge is 0.504 e. The third-order valence-electron chi connectivity index (χ3n) is 2.29. The van der Waals surface area contributed by atoms with Crippen molar-refractivity contribution in [2.45, 2.75) is 19.8 Å². The van der Waals surface area contributed by atoms with E-state index in [2.05, 4.69) is 6.92 Å². The average Bonchev–Trinajstić information content (AvgIpc) is 2.65. The van der Waals surface area contributed by atoms with Crippen molar-refractivity contribution in [1.29, 1.82) is 0 Å². The number of phenolic OH excluding ortho intramolecular Hbond substituents is 1. The van der Waals surface area contributed by atoms with Crippen LogP contribution in [0.2, 0.25) is 0 Å². The van der Waals surface area contributed by atoms with Crippen LogP contribution in [0.4, 0.5) is 0 Å². The van der Waals surface area contributed by atoms with Crippen molar-refractivity contribution in [2.24, 2.45) is 0 Å². The summed E-state index contributed by atoms with van der Waals surface area (Å²) >= 11 is 0. The SMILES string of the molecule is CCCCOc1cc2occc2cc1O. The molecule has 0 spiro atoms. The Bertz CT molecular complexity index is 445. The van der Waals surface area contributed by atoms with E-state index in [-0.39, 0.29) is 5.75 Å². The second-order valence-electron chi connectivity index (χ2n) is 3.48. The summed E-state index contributed by atoms with van der Waals surface area (Å²) in [5.41, 5.74) is 0.735. The smallest absolute Gasteiger partial charge is 0.164 e. The van der Waals surface area contributed by atoms with Crippen LogP contribution in [-0.2, 0) is 0 Å². The number of ether oxygens (including phenoxy) is 1. The second kappa shape index (κ2) is 4.26. The Balaban J connectivity index is 2.22. The summed E-state index contributed by atoms with van der Waals surface area (Å²) in [6.07, 6.45) is 3.65. The Hall–Kier alpha value is -1.64. The van der Waals surface area contributed by atoms with Crippen molar-refractivity contribution in [3.63, 3.8) is 0 Å². The number of phenols is 1. The van der Waals surface area contributed by atoms with Crippen molar-refractivity contribution in [3.8, 4) is 11.5 Å². The predicted octanol–water partition coefficient (Wildman–Crippen LogP) is 3.32. The van der Waals surface area contributed by atoms with E-state index in [9.17, 15) is 5.11 Å². The van der Waals surface area contributed by atoms with Gasteiger partial charge < -0.3 is 14.3 Å². The summed E-state index contributed by atoms with van der Waals surface area (Å²) in [5, 5.41) is 10.5. The fraction of sp³-hybridized carbons (Fsp3) is 0.333. The molecule has 80 valence electrons. The van der Waals surface area contributed by atoms with Gasteiger partial charge in [-0.2, -0.15) is 0 Å². The number of hydrogen-bond acceptors (Lipinski definition) is 3. The number of hydrogen-bond donors (Lipinski definition) is 1. The maximum absolute atomic E-state index is 9.66. The van der Waals surface area contributed by atoms with Gasteiger partial charge in [-0.3, -0.25) is 0 Å². The Morgan fingerprint density at radius 1 is 1.40 bits per heavy atom. The molecular formula is C12H14O3. The van der Waals surface area contributed by atoms with Crippen LogP contribution in [0.15, 0.2) is 28.9 Å². The highest BCUT2D eigenvalue weighted by molar-refractivity contribution is 5.81. The molecule has 1 heterocycles. The lowest BCUT2D eigenvalue weighted by Gasteiger charge is -2.06. The van der Waals surface area contributed by atoms with Crippen molar-refractivity contribution in [2.75, 3.05) is 6.61 Å². The lowest BCUT2D eigenvalue weighted by Crippen LogP contribution is -1.96. The molecule has 1 aromatic carbocycles. The van der Waals surface area contributed by atoms with Crippen molar-refractivity contribution >= 4 is 11.0 Å². The third kappa shape index (κ3) is 2.06. The van der Waals surface area contributed by atoms with E-state index in [4.69, 9.17) is 9.15 Å². The van der Waals surface area contributed by atoms with Crippen LogP contribution >= 0.6 is 0 Å². The van der Waals surface area contributed by atoms with Crippen molar-refractivity contribution in [1.82, 2.24) is 0 Å². The van der Waals surface area contributed by atoms with Crippen molar-refractivity contribution < 1.29 is 14.3 Å². The van der Waals surface area contributed by atoms with E-state index >= 15 is 0 Å². The lowest BCUT2D eigenvalue weighted by molar-refractivity contribution is 0.293. The third-order valence-corrected chi connectivity index (χ3v) is 2.29. The molecule has 0 atom stereocenters. The molecule has 0 aliphatic rings. The lowest BCUT2D eigenvalue weighted by atomic mass is 10.2. The molecule has 0 saturated heterocycles. The fourth-order valence-corrected chi connectivity index (χ4v) is 1.42. The summed E-state index contributed by atoms with van der Waals surface area (Å²) < 4.78 is 10.7. The summed E-state index contributed by atoms with van der Waals surface area (Å²) in [7, 11) is 0. The summed E-state index contributed by atoms with van der Waals surface area (Å²) in [6.45, 7) is 2.72. The molecule has 0 radical (unpaired) electrons. The first-order valence-corrected chi connectivity index (χ1v) is 5.14. The van der Waals surface area contributed by atoms with Crippen LogP contribution in [0.5, 0.6) is 11.5 Å². The maximum Gasteiger partial charge on any atom is 0.164 e. The average molecular weight is 206 g/mol. The number of unbranched alkanes of at least 4 members (excludes halogenated alkanes) is 1. The first-order chi connectivity index (χ1) is 7.31. The van der Waals surface area contributed by atoms with Gasteiger partial charge >= 0.3 is 0 Å². The zero-order valence-corrected chi connectivity index (χ0v) is 8.69. The molecule has 3 heteroatoms. The molecule has 0 amide bonds. The standard InChI is InChI=1S/C12H14O3/c1-2-3-5-14-12-8-11-9(4-6-15-11)7-10(12)13/h4,6-8,13H,2-3,5H2,1H3. The van der Waals surface area contributed by atoms with Crippen LogP contribution in [0.3, 0.4) is 0 Å². The summed E-state index contributed by atoms with van der Waals surface area (Å²) in [5.74, 6) is 0.658. The zero-order chi connectivity index (χ0) is 10.7. The highest BCUT2D eigenvalue weighted by Crippen LogP contribution is 2.31.